The number of nitrogens with one attached hydrogen (secondary N) is 2. The highest BCUT2D eigenvalue weighted by Gasteiger charge is 2.36. The Morgan fingerprint density at radius 2 is 1.86 bits per heavy atom. The molecule has 4 amide bonds. The van der Waals surface area contributed by atoms with Crippen LogP contribution >= 0.6 is 0 Å². The first-order chi connectivity index (χ1) is 16.8. The molecule has 0 radical (unpaired) electrons. The second kappa shape index (κ2) is 10.6. The first kappa shape index (κ1) is 24.3. The monoisotopic (exact) mass is 478 g/mol. The van der Waals surface area contributed by atoms with Crippen LogP contribution in [0.4, 0.5) is 0 Å². The lowest BCUT2D eigenvalue weighted by molar-refractivity contribution is -0.132. The molecule has 0 aromatic heterocycles. The Morgan fingerprint density at radius 3 is 2.63 bits per heavy atom. The van der Waals surface area contributed by atoms with Gasteiger partial charge in [-0.3, -0.25) is 19.2 Å². The van der Waals surface area contributed by atoms with Crippen molar-refractivity contribution in [3.05, 3.63) is 65.7 Å². The van der Waals surface area contributed by atoms with Crippen LogP contribution in [-0.4, -0.2) is 78.3 Å². The molecule has 1 fully saturated rings. The lowest BCUT2D eigenvalue weighted by Crippen LogP contribution is -2.47. The van der Waals surface area contributed by atoms with Crippen LogP contribution in [0.3, 0.4) is 0 Å². The number of carbonyl (C=O) groups is 4. The molecule has 4 rings (SSSR count). The first-order valence-electron chi connectivity index (χ1n) is 11.8. The summed E-state index contributed by atoms with van der Waals surface area (Å²) in [6.07, 6.45) is 0.648. The van der Waals surface area contributed by atoms with Crippen LogP contribution in [0, 0.1) is 0 Å². The molecule has 0 aliphatic carbocycles. The molecule has 0 spiro atoms. The van der Waals surface area contributed by atoms with Crippen LogP contribution in [0.1, 0.15) is 40.5 Å². The normalized spacial score (nSPS) is 23.5. The van der Waals surface area contributed by atoms with Gasteiger partial charge in [0.2, 0.25) is 11.8 Å². The van der Waals surface area contributed by atoms with Gasteiger partial charge in [0.15, 0.2) is 0 Å². The fourth-order valence-electron chi connectivity index (χ4n) is 4.39. The molecule has 0 unspecified atom stereocenters. The van der Waals surface area contributed by atoms with Gasteiger partial charge in [-0.2, -0.15) is 0 Å². The maximum Gasteiger partial charge on any atom is 0.254 e. The molecule has 2 N–H and O–H groups in total. The zero-order valence-corrected chi connectivity index (χ0v) is 19.9. The Morgan fingerprint density at radius 1 is 1.09 bits per heavy atom. The minimum absolute atomic E-state index is 0.111. The average Bonchev–Trinajstić information content (AvgIpc) is 3.28. The fourth-order valence-corrected chi connectivity index (χ4v) is 4.39. The molecular formula is C26H30N4O5. The van der Waals surface area contributed by atoms with E-state index < -0.39 is 6.04 Å². The standard InChI is InChI=1S/C26H30N4O5/c1-17-24(32)27-12-11-23(31)30-15-20(28-25(33)18-7-4-3-5-8-18)14-21(30)16-35-22-10-6-9-19(13-22)26(34)29(17)2/h3-10,13,17,20-21H,11-12,14-16H2,1-2H3,(H,27,32)(H,28,33)/t17-,20+,21-/m0/s1. The Bertz CT molecular complexity index is 1110. The van der Waals surface area contributed by atoms with E-state index in [2.05, 4.69) is 10.6 Å². The minimum Gasteiger partial charge on any atom is -0.491 e. The molecular weight excluding hydrogens is 448 g/mol. The minimum atomic E-state index is -0.704. The second-order valence-corrected chi connectivity index (χ2v) is 8.94. The van der Waals surface area contributed by atoms with E-state index in [1.54, 1.807) is 67.4 Å². The van der Waals surface area contributed by atoms with Crippen molar-refractivity contribution in [1.82, 2.24) is 20.4 Å². The van der Waals surface area contributed by atoms with Gasteiger partial charge < -0.3 is 25.2 Å². The Kier molecular flexibility index (Phi) is 7.33. The van der Waals surface area contributed by atoms with Gasteiger partial charge in [0.1, 0.15) is 18.4 Å². The highest BCUT2D eigenvalue weighted by atomic mass is 16.5. The maximum atomic E-state index is 13.1. The molecule has 2 aromatic carbocycles. The summed E-state index contributed by atoms with van der Waals surface area (Å²) in [6, 6.07) is 14.5. The summed E-state index contributed by atoms with van der Waals surface area (Å²) < 4.78 is 5.99. The number of nitrogens with zero attached hydrogens (tertiary/aromatic N) is 2. The number of hydrogen-bond donors (Lipinski definition) is 2. The van der Waals surface area contributed by atoms with E-state index in [0.717, 1.165) is 0 Å². The fraction of sp³-hybridized carbons (Fsp3) is 0.385. The number of likely N-dealkylation sites (N-methyl/N-ethyl adjacent to an activating group) is 1. The van der Waals surface area contributed by atoms with Crippen molar-refractivity contribution in [2.24, 2.45) is 0 Å². The third kappa shape index (κ3) is 5.62. The van der Waals surface area contributed by atoms with E-state index >= 15 is 0 Å². The second-order valence-electron chi connectivity index (χ2n) is 8.94. The van der Waals surface area contributed by atoms with Crippen LogP contribution in [0.25, 0.3) is 0 Å². The van der Waals surface area contributed by atoms with Crippen molar-refractivity contribution >= 4 is 23.6 Å². The molecule has 184 valence electrons. The smallest absolute Gasteiger partial charge is 0.254 e. The van der Waals surface area contributed by atoms with E-state index in [0.29, 0.717) is 29.8 Å². The lowest BCUT2D eigenvalue weighted by atomic mass is 10.1. The molecule has 9 nitrogen and oxygen atoms in total. The number of ether oxygens (including phenoxy) is 1. The van der Waals surface area contributed by atoms with Crippen molar-refractivity contribution in [1.29, 1.82) is 0 Å². The van der Waals surface area contributed by atoms with Crippen molar-refractivity contribution in [2.75, 3.05) is 26.7 Å². The highest BCUT2D eigenvalue weighted by Crippen LogP contribution is 2.23. The number of carbonyl (C=O) groups excluding carboxylic acids is 4. The summed E-state index contributed by atoms with van der Waals surface area (Å²) in [6.45, 7) is 2.38. The SMILES string of the molecule is C[C@H]1C(=O)NCCC(=O)N2C[C@H](NC(=O)c3ccccc3)C[C@H]2COc2cccc(c2)C(=O)N1C. The quantitative estimate of drug-likeness (QED) is 0.679. The molecule has 2 aromatic rings. The summed E-state index contributed by atoms with van der Waals surface area (Å²) >= 11 is 0. The van der Waals surface area contributed by atoms with Gasteiger partial charge in [0.25, 0.3) is 11.8 Å². The molecule has 2 aliphatic heterocycles. The van der Waals surface area contributed by atoms with Gasteiger partial charge in [0, 0.05) is 43.7 Å². The number of amides is 4. The zero-order valence-electron chi connectivity index (χ0n) is 19.9. The van der Waals surface area contributed by atoms with Crippen LogP contribution in [0.15, 0.2) is 54.6 Å². The average molecular weight is 479 g/mol. The van der Waals surface area contributed by atoms with Gasteiger partial charge in [-0.15, -0.1) is 0 Å². The van der Waals surface area contributed by atoms with Crippen LogP contribution in [0.2, 0.25) is 0 Å². The molecule has 2 bridgehead atoms. The Balaban J connectivity index is 1.53. The molecule has 0 saturated carbocycles. The highest BCUT2D eigenvalue weighted by molar-refractivity contribution is 5.97. The van der Waals surface area contributed by atoms with Crippen LogP contribution < -0.4 is 15.4 Å². The molecule has 2 aliphatic rings. The van der Waals surface area contributed by atoms with E-state index in [4.69, 9.17) is 4.74 Å². The van der Waals surface area contributed by atoms with Crippen LogP contribution in [-0.2, 0) is 9.59 Å². The number of benzene rings is 2. The van der Waals surface area contributed by atoms with E-state index in [1.807, 2.05) is 6.07 Å². The van der Waals surface area contributed by atoms with Gasteiger partial charge in [-0.05, 0) is 43.7 Å². The third-order valence-corrected chi connectivity index (χ3v) is 6.55. The van der Waals surface area contributed by atoms with Crippen molar-refractivity contribution < 1.29 is 23.9 Å². The van der Waals surface area contributed by atoms with E-state index in [9.17, 15) is 19.2 Å². The zero-order chi connectivity index (χ0) is 24.9. The summed E-state index contributed by atoms with van der Waals surface area (Å²) in [5, 5.41) is 5.77. The number of hydrogen-bond acceptors (Lipinski definition) is 5. The lowest BCUT2D eigenvalue weighted by Gasteiger charge is -2.25. The number of fused-ring (bicyclic) bond motifs is 3. The van der Waals surface area contributed by atoms with Gasteiger partial charge in [-0.25, -0.2) is 0 Å². The molecule has 3 atom stereocenters. The summed E-state index contributed by atoms with van der Waals surface area (Å²) in [4.78, 5) is 54.2. The van der Waals surface area contributed by atoms with Crippen molar-refractivity contribution in [2.45, 2.75) is 37.9 Å². The summed E-state index contributed by atoms with van der Waals surface area (Å²) in [5.74, 6) is -0.447. The Hall–Kier alpha value is -3.88. The van der Waals surface area contributed by atoms with Crippen molar-refractivity contribution in [3.63, 3.8) is 0 Å². The molecule has 2 heterocycles. The third-order valence-electron chi connectivity index (χ3n) is 6.55. The van der Waals surface area contributed by atoms with E-state index in [1.165, 1.54) is 4.90 Å². The predicted octanol–water partition coefficient (Wildman–Crippen LogP) is 1.45. The van der Waals surface area contributed by atoms with Crippen LogP contribution in [0.5, 0.6) is 5.75 Å². The van der Waals surface area contributed by atoms with Gasteiger partial charge in [0.05, 0.1) is 6.04 Å². The first-order valence-corrected chi connectivity index (χ1v) is 11.8. The number of rotatable bonds is 2. The predicted molar refractivity (Wildman–Crippen MR) is 129 cm³/mol. The molecule has 1 saturated heterocycles. The Labute approximate surface area is 204 Å². The van der Waals surface area contributed by atoms with Gasteiger partial charge in [-0.1, -0.05) is 24.3 Å². The van der Waals surface area contributed by atoms with E-state index in [-0.39, 0.29) is 55.3 Å². The summed E-state index contributed by atoms with van der Waals surface area (Å²) in [5.41, 5.74) is 0.967. The maximum absolute atomic E-state index is 13.1. The molecule has 35 heavy (non-hydrogen) atoms. The molecule has 9 heteroatoms. The van der Waals surface area contributed by atoms with Gasteiger partial charge >= 0.3 is 0 Å². The summed E-state index contributed by atoms with van der Waals surface area (Å²) in [7, 11) is 1.57. The largest absolute Gasteiger partial charge is 0.491 e. The van der Waals surface area contributed by atoms with Crippen molar-refractivity contribution in [3.8, 4) is 5.75 Å². The topological polar surface area (TPSA) is 108 Å².